The van der Waals surface area contributed by atoms with E-state index in [2.05, 4.69) is 15.1 Å². The number of hydrogen-bond acceptors (Lipinski definition) is 5. The maximum atomic E-state index is 12.6. The number of thioether (sulfide) groups is 1. The summed E-state index contributed by atoms with van der Waals surface area (Å²) >= 11 is 1.03. The molecule has 0 unspecified atom stereocenters. The van der Waals surface area contributed by atoms with Gasteiger partial charge in [-0.05, 0) is 18.2 Å². The number of fused-ring (bicyclic) bond motifs is 1. The lowest BCUT2D eigenvalue weighted by atomic mass is 10.4. The minimum absolute atomic E-state index is 0.0108. The highest BCUT2D eigenvalue weighted by molar-refractivity contribution is 7.99. The first-order valence-electron chi connectivity index (χ1n) is 6.52. The van der Waals surface area contributed by atoms with Crippen molar-refractivity contribution in [3.63, 3.8) is 0 Å². The van der Waals surface area contributed by atoms with Gasteiger partial charge in [0.2, 0.25) is 0 Å². The Morgan fingerprint density at radius 2 is 2.04 bits per heavy atom. The predicted octanol–water partition coefficient (Wildman–Crippen LogP) is 2.10. The zero-order valence-corrected chi connectivity index (χ0v) is 12.4. The smallest absolute Gasteiger partial charge is 0.250 e. The van der Waals surface area contributed by atoms with Crippen molar-refractivity contribution >= 4 is 17.4 Å². The van der Waals surface area contributed by atoms with Crippen molar-refractivity contribution < 1.29 is 13.2 Å². The molecule has 120 valence electrons. The highest BCUT2D eigenvalue weighted by atomic mass is 32.2. The van der Waals surface area contributed by atoms with E-state index in [0.29, 0.717) is 11.4 Å². The average Bonchev–Trinajstić information content (AvgIpc) is 2.84. The second-order valence-electron chi connectivity index (χ2n) is 4.51. The molecule has 3 aromatic heterocycles. The summed E-state index contributed by atoms with van der Waals surface area (Å²) in [5.41, 5.74) is -0.774. The molecule has 0 aromatic carbocycles. The summed E-state index contributed by atoms with van der Waals surface area (Å²) in [7, 11) is 0. The van der Waals surface area contributed by atoms with Crippen LogP contribution in [0.5, 0.6) is 0 Å². The Morgan fingerprint density at radius 1 is 1.22 bits per heavy atom. The maximum Gasteiger partial charge on any atom is 0.433 e. The van der Waals surface area contributed by atoms with Gasteiger partial charge in [-0.1, -0.05) is 17.8 Å². The standard InChI is InChI=1S/C13H10F3N5OS/c14-13(15,16)9-4-5-17-11(18-9)23-8-7-21-12(22)20-6-2-1-3-10(20)19-21/h1-6H,7-8H2. The third kappa shape index (κ3) is 3.36. The van der Waals surface area contributed by atoms with Gasteiger partial charge in [-0.25, -0.2) is 19.4 Å². The summed E-state index contributed by atoms with van der Waals surface area (Å²) in [6, 6.07) is 5.99. The highest BCUT2D eigenvalue weighted by Gasteiger charge is 2.32. The van der Waals surface area contributed by atoms with E-state index in [4.69, 9.17) is 0 Å². The fraction of sp³-hybridized carbons (Fsp3) is 0.231. The van der Waals surface area contributed by atoms with Crippen LogP contribution in [0, 0.1) is 0 Å². The first-order chi connectivity index (χ1) is 10.9. The van der Waals surface area contributed by atoms with Gasteiger partial charge in [-0.3, -0.25) is 4.40 Å². The molecule has 23 heavy (non-hydrogen) atoms. The first kappa shape index (κ1) is 15.5. The molecule has 0 radical (unpaired) electrons. The number of pyridine rings is 1. The van der Waals surface area contributed by atoms with Crippen molar-refractivity contribution in [2.75, 3.05) is 5.75 Å². The largest absolute Gasteiger partial charge is 0.433 e. The minimum Gasteiger partial charge on any atom is -0.250 e. The molecule has 3 rings (SSSR count). The van der Waals surface area contributed by atoms with Crippen molar-refractivity contribution in [2.24, 2.45) is 0 Å². The molecule has 0 fully saturated rings. The lowest BCUT2D eigenvalue weighted by Crippen LogP contribution is -2.22. The van der Waals surface area contributed by atoms with E-state index < -0.39 is 11.9 Å². The average molecular weight is 341 g/mol. The Hall–Kier alpha value is -2.36. The molecule has 3 heterocycles. The molecule has 0 atom stereocenters. The number of hydrogen-bond donors (Lipinski definition) is 0. The van der Waals surface area contributed by atoms with E-state index in [1.807, 2.05) is 0 Å². The van der Waals surface area contributed by atoms with E-state index in [1.165, 1.54) is 9.08 Å². The molecule has 3 aromatic rings. The van der Waals surface area contributed by atoms with Crippen LogP contribution in [0.4, 0.5) is 13.2 Å². The quantitative estimate of drug-likeness (QED) is 0.537. The Labute approximate surface area is 132 Å². The molecule has 0 aliphatic heterocycles. The van der Waals surface area contributed by atoms with Gasteiger partial charge in [0, 0.05) is 18.1 Å². The number of halogens is 3. The number of nitrogens with zero attached hydrogens (tertiary/aromatic N) is 5. The van der Waals surface area contributed by atoms with Crippen molar-refractivity contribution in [1.82, 2.24) is 24.1 Å². The molecule has 10 heteroatoms. The summed E-state index contributed by atoms with van der Waals surface area (Å²) in [6.07, 6.45) is -1.84. The van der Waals surface area contributed by atoms with Crippen LogP contribution in [-0.4, -0.2) is 29.9 Å². The highest BCUT2D eigenvalue weighted by Crippen LogP contribution is 2.28. The van der Waals surface area contributed by atoms with Crippen molar-refractivity contribution in [3.8, 4) is 0 Å². The van der Waals surface area contributed by atoms with Gasteiger partial charge in [0.1, 0.15) is 5.69 Å². The van der Waals surface area contributed by atoms with Crippen LogP contribution in [0.25, 0.3) is 5.65 Å². The molecule has 0 saturated carbocycles. The molecule has 0 aliphatic rings. The SMILES string of the molecule is O=c1n(CCSc2nccc(C(F)(F)F)n2)nc2ccccn12. The van der Waals surface area contributed by atoms with Crippen LogP contribution in [-0.2, 0) is 12.7 Å². The van der Waals surface area contributed by atoms with Crippen LogP contribution in [0.2, 0.25) is 0 Å². The van der Waals surface area contributed by atoms with E-state index in [9.17, 15) is 18.0 Å². The lowest BCUT2D eigenvalue weighted by Gasteiger charge is -2.06. The minimum atomic E-state index is -4.50. The zero-order valence-electron chi connectivity index (χ0n) is 11.6. The number of rotatable bonds is 4. The molecule has 0 saturated heterocycles. The molecular formula is C13H10F3N5OS. The second kappa shape index (κ2) is 6.03. The fourth-order valence-corrected chi connectivity index (χ4v) is 2.65. The van der Waals surface area contributed by atoms with Gasteiger partial charge in [0.25, 0.3) is 0 Å². The fourth-order valence-electron chi connectivity index (χ4n) is 1.91. The Bertz CT molecular complexity index is 889. The summed E-state index contributed by atoms with van der Waals surface area (Å²) in [5, 5.41) is 4.14. The Morgan fingerprint density at radius 3 is 2.78 bits per heavy atom. The molecule has 0 N–H and O–H groups in total. The van der Waals surface area contributed by atoms with Crippen molar-refractivity contribution in [1.29, 1.82) is 0 Å². The third-order valence-electron chi connectivity index (χ3n) is 2.95. The van der Waals surface area contributed by atoms with E-state index in [-0.39, 0.29) is 17.4 Å². The van der Waals surface area contributed by atoms with Crippen LogP contribution in [0.3, 0.4) is 0 Å². The second-order valence-corrected chi connectivity index (χ2v) is 5.57. The van der Waals surface area contributed by atoms with E-state index in [1.54, 1.807) is 24.4 Å². The van der Waals surface area contributed by atoms with Gasteiger partial charge in [-0.15, -0.1) is 5.10 Å². The van der Waals surface area contributed by atoms with Gasteiger partial charge >= 0.3 is 11.9 Å². The van der Waals surface area contributed by atoms with Crippen LogP contribution in [0.15, 0.2) is 46.6 Å². The van der Waals surface area contributed by atoms with Gasteiger partial charge < -0.3 is 0 Å². The monoisotopic (exact) mass is 341 g/mol. The number of alkyl halides is 3. The molecule has 0 spiro atoms. The van der Waals surface area contributed by atoms with Gasteiger partial charge in [0.15, 0.2) is 10.8 Å². The van der Waals surface area contributed by atoms with Crippen LogP contribution < -0.4 is 5.69 Å². The molecular weight excluding hydrogens is 331 g/mol. The number of aryl methyl sites for hydroxylation is 1. The maximum absolute atomic E-state index is 12.6. The van der Waals surface area contributed by atoms with E-state index >= 15 is 0 Å². The predicted molar refractivity (Wildman–Crippen MR) is 77.2 cm³/mol. The normalized spacial score (nSPS) is 12.0. The summed E-state index contributed by atoms with van der Waals surface area (Å²) in [6.45, 7) is 0.241. The Balaban J connectivity index is 1.69. The Kier molecular flexibility index (Phi) is 4.07. The summed E-state index contributed by atoms with van der Waals surface area (Å²) in [5.74, 6) is 0.325. The van der Waals surface area contributed by atoms with Crippen LogP contribution in [0.1, 0.15) is 5.69 Å². The van der Waals surface area contributed by atoms with E-state index in [0.717, 1.165) is 24.0 Å². The van der Waals surface area contributed by atoms with Crippen molar-refractivity contribution in [3.05, 3.63) is 52.8 Å². The topological polar surface area (TPSA) is 65.1 Å². The molecule has 0 aliphatic carbocycles. The van der Waals surface area contributed by atoms with Gasteiger partial charge in [-0.2, -0.15) is 13.2 Å². The van der Waals surface area contributed by atoms with Gasteiger partial charge in [0.05, 0.1) is 6.54 Å². The lowest BCUT2D eigenvalue weighted by molar-refractivity contribution is -0.141. The number of aromatic nitrogens is 5. The molecule has 0 bridgehead atoms. The van der Waals surface area contributed by atoms with Crippen molar-refractivity contribution in [2.45, 2.75) is 17.9 Å². The third-order valence-corrected chi connectivity index (χ3v) is 3.79. The first-order valence-corrected chi connectivity index (χ1v) is 7.51. The van der Waals surface area contributed by atoms with Crippen LogP contribution >= 0.6 is 11.8 Å². The summed E-state index contributed by atoms with van der Waals surface area (Å²) in [4.78, 5) is 19.3. The zero-order chi connectivity index (χ0) is 16.4. The molecule has 0 amide bonds. The molecule has 6 nitrogen and oxygen atoms in total. The summed E-state index contributed by atoms with van der Waals surface area (Å²) < 4.78 is 40.4.